The van der Waals surface area contributed by atoms with E-state index >= 15 is 0 Å². The summed E-state index contributed by atoms with van der Waals surface area (Å²) in [5, 5.41) is 3.67. The zero-order valence-electron chi connectivity index (χ0n) is 7.28. The van der Waals surface area contributed by atoms with E-state index in [0.717, 1.165) is 4.68 Å². The van der Waals surface area contributed by atoms with Crippen LogP contribution in [0, 0.1) is 0 Å². The maximum atomic E-state index is 10.4. The lowest BCUT2D eigenvalue weighted by molar-refractivity contribution is 0.128. The summed E-state index contributed by atoms with van der Waals surface area (Å²) in [6, 6.07) is 0. The molecule has 0 saturated heterocycles. The van der Waals surface area contributed by atoms with Crippen molar-refractivity contribution in [1.82, 2.24) is 9.78 Å². The van der Waals surface area contributed by atoms with Gasteiger partial charge in [0.15, 0.2) is 6.23 Å². The third-order valence-corrected chi connectivity index (χ3v) is 1.99. The van der Waals surface area contributed by atoms with Crippen LogP contribution in [0.3, 0.4) is 0 Å². The lowest BCUT2D eigenvalue weighted by Gasteiger charge is -2.11. The largest absolute Gasteiger partial charge is 0.399 e. The molecule has 0 spiro atoms. The number of aromatic nitrogens is 2. The van der Waals surface area contributed by atoms with Gasteiger partial charge in [0.05, 0.1) is 11.9 Å². The fourth-order valence-electron chi connectivity index (χ4n) is 0.892. The Labute approximate surface area is 80.4 Å². The van der Waals surface area contributed by atoms with Crippen molar-refractivity contribution >= 4 is 21.9 Å². The van der Waals surface area contributed by atoms with Crippen LogP contribution in [0.4, 0.5) is 11.5 Å². The van der Waals surface area contributed by atoms with E-state index in [1.165, 1.54) is 13.1 Å². The molecule has 8 nitrogen and oxygen atoms in total. The first-order valence-electron chi connectivity index (χ1n) is 3.55. The molecule has 1 unspecified atom stereocenters. The molecule has 1 aromatic heterocycles. The molecular weight excluding hydrogens is 212 g/mol. The number of nitrogens with zero attached hydrogens (tertiary/aromatic N) is 2. The summed E-state index contributed by atoms with van der Waals surface area (Å²) in [6.07, 6.45) is 0.196. The van der Waals surface area contributed by atoms with Crippen molar-refractivity contribution in [1.29, 1.82) is 0 Å². The molecule has 9 heteroatoms. The molecule has 0 fully saturated rings. The minimum atomic E-state index is -4.54. The van der Waals surface area contributed by atoms with Gasteiger partial charge >= 0.3 is 10.4 Å². The fraction of sp³-hybridized carbons (Fsp3) is 0.400. The van der Waals surface area contributed by atoms with Crippen LogP contribution in [0.5, 0.6) is 0 Å². The SMILES string of the molecule is CC(OS(=O)(=O)O)n1ncc(N)c1N. The lowest BCUT2D eigenvalue weighted by atomic mass is 10.5. The van der Waals surface area contributed by atoms with Crippen molar-refractivity contribution in [3.8, 4) is 0 Å². The summed E-state index contributed by atoms with van der Waals surface area (Å²) in [4.78, 5) is 0. The summed E-state index contributed by atoms with van der Waals surface area (Å²) >= 11 is 0. The molecule has 1 heterocycles. The molecule has 0 aliphatic heterocycles. The second-order valence-electron chi connectivity index (χ2n) is 2.55. The van der Waals surface area contributed by atoms with Gasteiger partial charge in [-0.1, -0.05) is 0 Å². The molecule has 5 N–H and O–H groups in total. The standard InChI is InChI=1S/C5H10N4O4S/c1-3(13-14(10,11)12)9-5(7)4(6)2-8-9/h2-3H,6-7H2,1H3,(H,10,11,12). The highest BCUT2D eigenvalue weighted by molar-refractivity contribution is 7.80. The predicted molar refractivity (Wildman–Crippen MR) is 48.4 cm³/mol. The van der Waals surface area contributed by atoms with E-state index in [9.17, 15) is 8.42 Å². The van der Waals surface area contributed by atoms with Crippen LogP contribution in [-0.2, 0) is 14.6 Å². The van der Waals surface area contributed by atoms with Gasteiger partial charge in [0.2, 0.25) is 0 Å². The molecule has 0 aliphatic rings. The topological polar surface area (TPSA) is 133 Å². The molecule has 1 rings (SSSR count). The highest BCUT2D eigenvalue weighted by Crippen LogP contribution is 2.19. The number of nitrogens with two attached hydrogens (primary N) is 2. The third-order valence-electron chi connectivity index (χ3n) is 1.47. The summed E-state index contributed by atoms with van der Waals surface area (Å²) in [6.45, 7) is 1.34. The Kier molecular flexibility index (Phi) is 2.64. The molecule has 0 saturated carbocycles. The number of rotatable bonds is 3. The molecule has 0 radical (unpaired) electrons. The van der Waals surface area contributed by atoms with Gasteiger partial charge in [0, 0.05) is 0 Å². The number of anilines is 2. The Morgan fingerprint density at radius 1 is 1.64 bits per heavy atom. The van der Waals surface area contributed by atoms with Gasteiger partial charge in [-0.15, -0.1) is 0 Å². The average molecular weight is 222 g/mol. The Morgan fingerprint density at radius 3 is 2.57 bits per heavy atom. The Bertz CT molecular complexity index is 425. The Morgan fingerprint density at radius 2 is 2.21 bits per heavy atom. The predicted octanol–water partition coefficient (Wildman–Crippen LogP) is -0.615. The van der Waals surface area contributed by atoms with E-state index in [-0.39, 0.29) is 11.5 Å². The van der Waals surface area contributed by atoms with Gasteiger partial charge in [0.1, 0.15) is 5.82 Å². The zero-order valence-corrected chi connectivity index (χ0v) is 8.10. The number of nitrogen functional groups attached to an aromatic ring is 2. The van der Waals surface area contributed by atoms with Gasteiger partial charge in [-0.3, -0.25) is 4.55 Å². The minimum absolute atomic E-state index is 0.0705. The molecule has 0 aromatic carbocycles. The highest BCUT2D eigenvalue weighted by Gasteiger charge is 2.17. The van der Waals surface area contributed by atoms with Crippen LogP contribution in [0.15, 0.2) is 6.20 Å². The lowest BCUT2D eigenvalue weighted by Crippen LogP contribution is -2.17. The van der Waals surface area contributed by atoms with Crippen molar-refractivity contribution in [2.24, 2.45) is 0 Å². The summed E-state index contributed by atoms with van der Waals surface area (Å²) in [5.74, 6) is 0.0705. The van der Waals surface area contributed by atoms with Crippen LogP contribution in [0.2, 0.25) is 0 Å². The maximum absolute atomic E-state index is 10.4. The van der Waals surface area contributed by atoms with Crippen molar-refractivity contribution in [3.05, 3.63) is 6.20 Å². The van der Waals surface area contributed by atoms with E-state index in [0.29, 0.717) is 0 Å². The van der Waals surface area contributed by atoms with Gasteiger partial charge in [-0.05, 0) is 6.92 Å². The fourth-order valence-corrected chi connectivity index (χ4v) is 1.32. The van der Waals surface area contributed by atoms with Gasteiger partial charge < -0.3 is 11.5 Å². The quantitative estimate of drug-likeness (QED) is 0.580. The van der Waals surface area contributed by atoms with E-state index in [2.05, 4.69) is 9.28 Å². The normalized spacial score (nSPS) is 14.1. The minimum Gasteiger partial charge on any atom is -0.394 e. The van der Waals surface area contributed by atoms with E-state index < -0.39 is 16.6 Å². The molecule has 0 amide bonds. The smallest absolute Gasteiger partial charge is 0.394 e. The molecule has 14 heavy (non-hydrogen) atoms. The molecule has 0 aliphatic carbocycles. The third kappa shape index (κ3) is 2.34. The number of hydrogen-bond donors (Lipinski definition) is 3. The first-order valence-corrected chi connectivity index (χ1v) is 4.92. The van der Waals surface area contributed by atoms with Gasteiger partial charge in [0.25, 0.3) is 0 Å². The monoisotopic (exact) mass is 222 g/mol. The summed E-state index contributed by atoms with van der Waals surface area (Å²) < 4.78 is 34.3. The molecule has 1 atom stereocenters. The van der Waals surface area contributed by atoms with Gasteiger partial charge in [-0.25, -0.2) is 8.86 Å². The van der Waals surface area contributed by atoms with Crippen molar-refractivity contribution in [2.45, 2.75) is 13.2 Å². The first kappa shape index (κ1) is 10.8. The van der Waals surface area contributed by atoms with Crippen LogP contribution in [0.1, 0.15) is 13.2 Å². The van der Waals surface area contributed by atoms with E-state index in [4.69, 9.17) is 16.0 Å². The van der Waals surface area contributed by atoms with E-state index in [1.807, 2.05) is 0 Å². The van der Waals surface area contributed by atoms with Crippen LogP contribution >= 0.6 is 0 Å². The zero-order chi connectivity index (χ0) is 10.9. The molecule has 80 valence electrons. The number of hydrogen-bond acceptors (Lipinski definition) is 6. The van der Waals surface area contributed by atoms with Crippen molar-refractivity contribution in [2.75, 3.05) is 11.5 Å². The van der Waals surface area contributed by atoms with Gasteiger partial charge in [-0.2, -0.15) is 13.5 Å². The first-order chi connectivity index (χ1) is 6.31. The highest BCUT2D eigenvalue weighted by atomic mass is 32.3. The Balaban J connectivity index is 2.90. The maximum Gasteiger partial charge on any atom is 0.399 e. The van der Waals surface area contributed by atoms with E-state index in [1.54, 1.807) is 0 Å². The summed E-state index contributed by atoms with van der Waals surface area (Å²) in [7, 11) is -4.54. The second-order valence-corrected chi connectivity index (χ2v) is 3.60. The molecular formula is C5H10N4O4S. The van der Waals surface area contributed by atoms with Crippen molar-refractivity contribution in [3.63, 3.8) is 0 Å². The van der Waals surface area contributed by atoms with Crippen molar-refractivity contribution < 1.29 is 17.2 Å². The summed E-state index contributed by atoms with van der Waals surface area (Å²) in [5.41, 5.74) is 11.0. The van der Waals surface area contributed by atoms with Crippen LogP contribution < -0.4 is 11.5 Å². The van der Waals surface area contributed by atoms with Crippen LogP contribution in [-0.4, -0.2) is 22.8 Å². The average Bonchev–Trinajstić information content (AvgIpc) is 2.29. The second kappa shape index (κ2) is 3.44. The molecule has 0 bridgehead atoms. The molecule has 1 aromatic rings. The van der Waals surface area contributed by atoms with Crippen LogP contribution in [0.25, 0.3) is 0 Å². The Hall–Kier alpha value is -1.32.